The molecule has 0 aromatic carbocycles. The van der Waals surface area contributed by atoms with Crippen molar-refractivity contribution >= 4 is 11.6 Å². The van der Waals surface area contributed by atoms with Crippen LogP contribution in [0.3, 0.4) is 0 Å². The first-order valence-corrected chi connectivity index (χ1v) is 6.09. The fraction of sp³-hybridized carbons (Fsp3) is 0.727. The number of hydrogen-bond acceptors (Lipinski definition) is 5. The third kappa shape index (κ3) is 2.61. The van der Waals surface area contributed by atoms with Crippen LogP contribution in [0.2, 0.25) is 0 Å². The lowest BCUT2D eigenvalue weighted by Gasteiger charge is -2.09. The lowest BCUT2D eigenvalue weighted by Crippen LogP contribution is -2.12. The van der Waals surface area contributed by atoms with E-state index in [-0.39, 0.29) is 5.82 Å². The molecule has 1 N–H and O–H groups in total. The van der Waals surface area contributed by atoms with E-state index in [0.717, 1.165) is 26.1 Å². The summed E-state index contributed by atoms with van der Waals surface area (Å²) in [6, 6.07) is 0. The molecule has 1 atom stereocenters. The average molecular weight is 254 g/mol. The summed E-state index contributed by atoms with van der Waals surface area (Å²) in [5.74, 6) is 1.58. The van der Waals surface area contributed by atoms with Gasteiger partial charge in [-0.3, -0.25) is 4.57 Å². The first kappa shape index (κ1) is 12.8. The third-order valence-corrected chi connectivity index (χ3v) is 3.34. The molecule has 1 aromatic heterocycles. The van der Waals surface area contributed by atoms with Crippen molar-refractivity contribution in [2.75, 3.05) is 25.1 Å². The van der Waals surface area contributed by atoms with E-state index in [2.05, 4.69) is 10.3 Å². The van der Waals surface area contributed by atoms with E-state index in [0.29, 0.717) is 24.1 Å². The largest absolute Gasteiger partial charge is 0.406 e. The second-order valence-electron chi connectivity index (χ2n) is 4.59. The molecule has 1 fully saturated rings. The van der Waals surface area contributed by atoms with Crippen molar-refractivity contribution in [2.45, 2.75) is 19.8 Å². The lowest BCUT2D eigenvalue weighted by molar-refractivity contribution is -0.388. The fourth-order valence-corrected chi connectivity index (χ4v) is 2.12. The van der Waals surface area contributed by atoms with Crippen LogP contribution >= 0.6 is 0 Å². The highest BCUT2D eigenvalue weighted by Crippen LogP contribution is 2.24. The van der Waals surface area contributed by atoms with Gasteiger partial charge in [0.2, 0.25) is 11.6 Å². The van der Waals surface area contributed by atoms with E-state index in [1.807, 2.05) is 0 Å². The van der Waals surface area contributed by atoms with Crippen molar-refractivity contribution in [1.29, 1.82) is 0 Å². The van der Waals surface area contributed by atoms with Crippen molar-refractivity contribution in [3.8, 4) is 0 Å². The molecule has 18 heavy (non-hydrogen) atoms. The SMILES string of the molecule is Cc1nc([N+](=O)[O-])c(NCCC2CCOC2)n1C. The molecule has 1 aliphatic rings. The molecular weight excluding hydrogens is 236 g/mol. The van der Waals surface area contributed by atoms with Crippen LogP contribution in [0.4, 0.5) is 11.6 Å². The molecule has 1 unspecified atom stereocenters. The van der Waals surface area contributed by atoms with Crippen LogP contribution in [0, 0.1) is 23.0 Å². The van der Waals surface area contributed by atoms with Gasteiger partial charge in [0, 0.05) is 33.7 Å². The Kier molecular flexibility index (Phi) is 3.81. The van der Waals surface area contributed by atoms with Crippen LogP contribution in [0.25, 0.3) is 0 Å². The molecule has 0 saturated carbocycles. The number of ether oxygens (including phenoxy) is 1. The highest BCUT2D eigenvalue weighted by atomic mass is 16.6. The molecule has 2 heterocycles. The predicted molar refractivity (Wildman–Crippen MR) is 66.6 cm³/mol. The number of anilines is 1. The Morgan fingerprint density at radius 3 is 3.06 bits per heavy atom. The van der Waals surface area contributed by atoms with Crippen LogP contribution in [0.5, 0.6) is 0 Å². The number of nitrogens with one attached hydrogen (secondary N) is 1. The zero-order valence-electron chi connectivity index (χ0n) is 10.7. The maximum Gasteiger partial charge on any atom is 0.406 e. The van der Waals surface area contributed by atoms with Gasteiger partial charge in [0.25, 0.3) is 0 Å². The summed E-state index contributed by atoms with van der Waals surface area (Å²) in [6.07, 6.45) is 2.04. The number of rotatable bonds is 5. The number of hydrogen-bond donors (Lipinski definition) is 1. The zero-order chi connectivity index (χ0) is 13.1. The molecule has 2 rings (SSSR count). The van der Waals surface area contributed by atoms with Crippen molar-refractivity contribution in [3.63, 3.8) is 0 Å². The summed E-state index contributed by atoms with van der Waals surface area (Å²) in [5.41, 5.74) is 0. The number of aromatic nitrogens is 2. The normalized spacial score (nSPS) is 19.1. The zero-order valence-corrected chi connectivity index (χ0v) is 10.7. The van der Waals surface area contributed by atoms with Crippen LogP contribution in [-0.2, 0) is 11.8 Å². The molecular formula is C11H18N4O3. The summed E-state index contributed by atoms with van der Waals surface area (Å²) < 4.78 is 7.01. The van der Waals surface area contributed by atoms with Crippen molar-refractivity contribution in [1.82, 2.24) is 9.55 Å². The molecule has 0 amide bonds. The minimum Gasteiger partial charge on any atom is -0.381 e. The summed E-state index contributed by atoms with van der Waals surface area (Å²) in [6.45, 7) is 4.08. The minimum absolute atomic E-state index is 0.0994. The van der Waals surface area contributed by atoms with E-state index in [9.17, 15) is 10.1 Å². The van der Waals surface area contributed by atoms with Crippen LogP contribution in [-0.4, -0.2) is 34.2 Å². The van der Waals surface area contributed by atoms with Gasteiger partial charge >= 0.3 is 5.82 Å². The van der Waals surface area contributed by atoms with Crippen molar-refractivity contribution < 1.29 is 9.66 Å². The van der Waals surface area contributed by atoms with Crippen molar-refractivity contribution in [3.05, 3.63) is 15.9 Å². The topological polar surface area (TPSA) is 82.2 Å². The third-order valence-electron chi connectivity index (χ3n) is 3.34. The second kappa shape index (κ2) is 5.34. The Morgan fingerprint density at radius 2 is 2.44 bits per heavy atom. The lowest BCUT2D eigenvalue weighted by atomic mass is 10.1. The van der Waals surface area contributed by atoms with E-state index in [4.69, 9.17) is 4.74 Å². The Balaban J connectivity index is 1.97. The molecule has 7 heteroatoms. The fourth-order valence-electron chi connectivity index (χ4n) is 2.12. The smallest absolute Gasteiger partial charge is 0.381 e. The first-order valence-electron chi connectivity index (χ1n) is 6.09. The molecule has 1 aromatic rings. The van der Waals surface area contributed by atoms with Gasteiger partial charge in [-0.05, 0) is 28.7 Å². The monoisotopic (exact) mass is 254 g/mol. The van der Waals surface area contributed by atoms with E-state index in [1.54, 1.807) is 18.5 Å². The number of aryl methyl sites for hydroxylation is 1. The van der Waals surface area contributed by atoms with Gasteiger partial charge < -0.3 is 20.2 Å². The quantitative estimate of drug-likeness (QED) is 0.635. The highest BCUT2D eigenvalue weighted by Gasteiger charge is 2.23. The highest BCUT2D eigenvalue weighted by molar-refractivity contribution is 5.53. The molecule has 1 aliphatic heterocycles. The Morgan fingerprint density at radius 1 is 1.67 bits per heavy atom. The number of nitro groups is 1. The van der Waals surface area contributed by atoms with Crippen molar-refractivity contribution in [2.24, 2.45) is 13.0 Å². The Labute approximate surface area is 105 Å². The van der Waals surface area contributed by atoms with E-state index in [1.165, 1.54) is 0 Å². The minimum atomic E-state index is -0.450. The second-order valence-corrected chi connectivity index (χ2v) is 4.59. The summed E-state index contributed by atoms with van der Waals surface area (Å²) in [4.78, 5) is 14.4. The maximum absolute atomic E-state index is 10.9. The summed E-state index contributed by atoms with van der Waals surface area (Å²) >= 11 is 0. The number of imidazole rings is 1. The molecule has 0 bridgehead atoms. The van der Waals surface area contributed by atoms with Gasteiger partial charge in [-0.1, -0.05) is 0 Å². The first-order chi connectivity index (χ1) is 8.59. The van der Waals surface area contributed by atoms with Crippen LogP contribution < -0.4 is 5.32 Å². The Bertz CT molecular complexity index is 438. The molecule has 0 spiro atoms. The maximum atomic E-state index is 10.9. The van der Waals surface area contributed by atoms with Gasteiger partial charge in [-0.25, -0.2) is 0 Å². The molecule has 0 radical (unpaired) electrons. The van der Waals surface area contributed by atoms with Crippen LogP contribution in [0.15, 0.2) is 0 Å². The number of nitrogens with zero attached hydrogens (tertiary/aromatic N) is 3. The molecule has 1 saturated heterocycles. The van der Waals surface area contributed by atoms with E-state index >= 15 is 0 Å². The summed E-state index contributed by atoms with van der Waals surface area (Å²) in [5, 5.41) is 14.0. The van der Waals surface area contributed by atoms with Gasteiger partial charge in [0.1, 0.15) is 0 Å². The average Bonchev–Trinajstić information content (AvgIpc) is 2.92. The summed E-state index contributed by atoms with van der Waals surface area (Å²) in [7, 11) is 1.77. The van der Waals surface area contributed by atoms with Gasteiger partial charge in [0.15, 0.2) is 0 Å². The van der Waals surface area contributed by atoms with Gasteiger partial charge in [-0.15, -0.1) is 0 Å². The Hall–Kier alpha value is -1.63. The predicted octanol–water partition coefficient (Wildman–Crippen LogP) is 1.48. The molecule has 7 nitrogen and oxygen atoms in total. The standard InChI is InChI=1S/C11H18N4O3/c1-8-13-11(15(16)17)10(14(8)2)12-5-3-9-4-6-18-7-9/h9,12H,3-7H2,1-2H3. The molecule has 0 aliphatic carbocycles. The van der Waals surface area contributed by atoms with Gasteiger partial charge in [0.05, 0.1) is 0 Å². The molecule has 100 valence electrons. The van der Waals surface area contributed by atoms with Gasteiger partial charge in [-0.2, -0.15) is 0 Å². The van der Waals surface area contributed by atoms with Crippen LogP contribution in [0.1, 0.15) is 18.7 Å². The van der Waals surface area contributed by atoms with E-state index < -0.39 is 4.92 Å².